The molecule has 152 valence electrons. The summed E-state index contributed by atoms with van der Waals surface area (Å²) in [7, 11) is 0. The standard InChI is InChI=1S/C20H35N5O2/c1-6-21-20(22-9-10-25(16(2)3)17(4)5)24-13-11-23(12-14-24)19(26)18-8-7-15-27-18/h7-8,15-17H,6,9-14H2,1-5H3,(H,21,22). The number of hydrogen-bond acceptors (Lipinski definition) is 4. The van der Waals surface area contributed by atoms with E-state index in [4.69, 9.17) is 9.41 Å². The van der Waals surface area contributed by atoms with E-state index in [0.717, 1.165) is 38.7 Å². The average molecular weight is 378 g/mol. The normalized spacial score (nSPS) is 15.9. The van der Waals surface area contributed by atoms with Crippen LogP contribution in [-0.4, -0.2) is 84.5 Å². The van der Waals surface area contributed by atoms with Crippen molar-refractivity contribution in [1.29, 1.82) is 0 Å². The molecule has 27 heavy (non-hydrogen) atoms. The third-order valence-corrected chi connectivity index (χ3v) is 4.88. The van der Waals surface area contributed by atoms with Crippen molar-refractivity contribution in [3.63, 3.8) is 0 Å². The average Bonchev–Trinajstić information content (AvgIpc) is 3.18. The largest absolute Gasteiger partial charge is 0.459 e. The Kier molecular flexibility index (Phi) is 8.16. The number of nitrogens with zero attached hydrogens (tertiary/aromatic N) is 4. The molecule has 1 aliphatic heterocycles. The summed E-state index contributed by atoms with van der Waals surface area (Å²) < 4.78 is 5.23. The van der Waals surface area contributed by atoms with Crippen LogP contribution in [0.25, 0.3) is 0 Å². The first-order valence-corrected chi connectivity index (χ1v) is 10.1. The highest BCUT2D eigenvalue weighted by Crippen LogP contribution is 2.10. The Bertz CT molecular complexity index is 582. The van der Waals surface area contributed by atoms with Gasteiger partial charge < -0.3 is 19.5 Å². The van der Waals surface area contributed by atoms with E-state index >= 15 is 0 Å². The second-order valence-electron chi connectivity index (χ2n) is 7.42. The van der Waals surface area contributed by atoms with Gasteiger partial charge in [-0.15, -0.1) is 0 Å². The molecule has 1 aliphatic rings. The fraction of sp³-hybridized carbons (Fsp3) is 0.700. The minimum atomic E-state index is -0.0360. The smallest absolute Gasteiger partial charge is 0.289 e. The molecule has 2 heterocycles. The molecule has 0 aromatic carbocycles. The molecule has 1 saturated heterocycles. The van der Waals surface area contributed by atoms with Crippen molar-refractivity contribution >= 4 is 11.9 Å². The van der Waals surface area contributed by atoms with Crippen LogP contribution in [0.4, 0.5) is 0 Å². The van der Waals surface area contributed by atoms with E-state index in [-0.39, 0.29) is 5.91 Å². The lowest BCUT2D eigenvalue weighted by atomic mass is 10.2. The zero-order valence-electron chi connectivity index (χ0n) is 17.4. The summed E-state index contributed by atoms with van der Waals surface area (Å²) in [6, 6.07) is 4.49. The molecule has 1 amide bonds. The van der Waals surface area contributed by atoms with Crippen LogP contribution in [0, 0.1) is 0 Å². The molecule has 0 unspecified atom stereocenters. The van der Waals surface area contributed by atoms with Crippen LogP contribution >= 0.6 is 0 Å². The number of hydrogen-bond donors (Lipinski definition) is 1. The van der Waals surface area contributed by atoms with E-state index in [1.54, 1.807) is 12.1 Å². The first-order valence-electron chi connectivity index (χ1n) is 10.1. The molecule has 0 spiro atoms. The Balaban J connectivity index is 1.90. The number of guanidine groups is 1. The maximum absolute atomic E-state index is 12.4. The molecular formula is C20H35N5O2. The lowest BCUT2D eigenvalue weighted by Gasteiger charge is -2.36. The van der Waals surface area contributed by atoms with E-state index < -0.39 is 0 Å². The highest BCUT2D eigenvalue weighted by atomic mass is 16.3. The molecule has 7 nitrogen and oxygen atoms in total. The van der Waals surface area contributed by atoms with Crippen LogP contribution in [0.5, 0.6) is 0 Å². The molecule has 1 N–H and O–H groups in total. The number of piperazine rings is 1. The number of aliphatic imine (C=N–C) groups is 1. The van der Waals surface area contributed by atoms with Gasteiger partial charge in [0, 0.05) is 51.4 Å². The van der Waals surface area contributed by atoms with Gasteiger partial charge in [-0.25, -0.2) is 0 Å². The number of amides is 1. The predicted molar refractivity (Wildman–Crippen MR) is 109 cm³/mol. The first kappa shape index (κ1) is 21.3. The zero-order chi connectivity index (χ0) is 19.8. The van der Waals surface area contributed by atoms with Crippen LogP contribution in [0.2, 0.25) is 0 Å². The predicted octanol–water partition coefficient (Wildman–Crippen LogP) is 2.12. The number of nitrogens with one attached hydrogen (secondary N) is 1. The maximum Gasteiger partial charge on any atom is 0.289 e. The van der Waals surface area contributed by atoms with Gasteiger partial charge in [0.1, 0.15) is 0 Å². The maximum atomic E-state index is 12.4. The number of carbonyl (C=O) groups is 1. The molecule has 0 atom stereocenters. The second-order valence-corrected chi connectivity index (χ2v) is 7.42. The van der Waals surface area contributed by atoms with Crippen molar-refractivity contribution in [2.75, 3.05) is 45.8 Å². The summed E-state index contributed by atoms with van der Waals surface area (Å²) in [5.74, 6) is 1.31. The summed E-state index contributed by atoms with van der Waals surface area (Å²) in [6.07, 6.45) is 1.54. The van der Waals surface area contributed by atoms with Gasteiger partial charge in [0.25, 0.3) is 5.91 Å². The summed E-state index contributed by atoms with van der Waals surface area (Å²) in [6.45, 7) is 16.4. The first-order chi connectivity index (χ1) is 12.9. The van der Waals surface area contributed by atoms with Crippen LogP contribution in [-0.2, 0) is 0 Å². The summed E-state index contributed by atoms with van der Waals surface area (Å²) in [4.78, 5) is 23.8. The van der Waals surface area contributed by atoms with Crippen molar-refractivity contribution in [3.8, 4) is 0 Å². The van der Waals surface area contributed by atoms with Crippen LogP contribution in [0.1, 0.15) is 45.2 Å². The molecular weight excluding hydrogens is 342 g/mol. The Morgan fingerprint density at radius 1 is 1.19 bits per heavy atom. The van der Waals surface area contributed by atoms with Crippen molar-refractivity contribution in [3.05, 3.63) is 24.2 Å². The summed E-state index contributed by atoms with van der Waals surface area (Å²) >= 11 is 0. The van der Waals surface area contributed by atoms with Gasteiger partial charge in [0.15, 0.2) is 11.7 Å². The van der Waals surface area contributed by atoms with Crippen molar-refractivity contribution < 1.29 is 9.21 Å². The second kappa shape index (κ2) is 10.3. The Morgan fingerprint density at radius 2 is 1.81 bits per heavy atom. The van der Waals surface area contributed by atoms with Gasteiger partial charge in [-0.2, -0.15) is 0 Å². The van der Waals surface area contributed by atoms with Crippen LogP contribution in [0.3, 0.4) is 0 Å². The zero-order valence-corrected chi connectivity index (χ0v) is 17.4. The Morgan fingerprint density at radius 3 is 2.33 bits per heavy atom. The highest BCUT2D eigenvalue weighted by molar-refractivity contribution is 5.91. The van der Waals surface area contributed by atoms with Crippen LogP contribution in [0.15, 0.2) is 27.8 Å². The van der Waals surface area contributed by atoms with Crippen molar-refractivity contribution in [2.45, 2.75) is 46.7 Å². The Labute approximate surface area is 163 Å². The number of carbonyl (C=O) groups excluding carboxylic acids is 1. The number of rotatable bonds is 7. The molecule has 2 rings (SSSR count). The molecule has 1 aromatic heterocycles. The van der Waals surface area contributed by atoms with Gasteiger partial charge in [-0.1, -0.05) is 0 Å². The highest BCUT2D eigenvalue weighted by Gasteiger charge is 2.25. The third-order valence-electron chi connectivity index (χ3n) is 4.88. The molecule has 0 radical (unpaired) electrons. The Hall–Kier alpha value is -2.02. The molecule has 0 saturated carbocycles. The molecule has 0 bridgehead atoms. The SMILES string of the molecule is CCNC(=NCCN(C(C)C)C(C)C)N1CCN(C(=O)c2ccco2)CC1. The van der Waals surface area contributed by atoms with E-state index in [9.17, 15) is 4.79 Å². The van der Waals surface area contributed by atoms with Crippen molar-refractivity contribution in [2.24, 2.45) is 4.99 Å². The summed E-state index contributed by atoms with van der Waals surface area (Å²) in [5.41, 5.74) is 0. The lowest BCUT2D eigenvalue weighted by molar-refractivity contribution is 0.0657. The number of furan rings is 1. The van der Waals surface area contributed by atoms with Gasteiger partial charge in [-0.3, -0.25) is 14.7 Å². The van der Waals surface area contributed by atoms with Gasteiger partial charge in [0.05, 0.1) is 12.8 Å². The summed E-state index contributed by atoms with van der Waals surface area (Å²) in [5, 5.41) is 3.39. The monoisotopic (exact) mass is 377 g/mol. The van der Waals surface area contributed by atoms with Gasteiger partial charge in [-0.05, 0) is 46.8 Å². The van der Waals surface area contributed by atoms with E-state index in [1.807, 2.05) is 4.90 Å². The fourth-order valence-corrected chi connectivity index (χ4v) is 3.49. The lowest BCUT2D eigenvalue weighted by Crippen LogP contribution is -2.54. The fourth-order valence-electron chi connectivity index (χ4n) is 3.49. The van der Waals surface area contributed by atoms with Gasteiger partial charge >= 0.3 is 0 Å². The molecule has 0 aliphatic carbocycles. The molecule has 1 fully saturated rings. The minimum Gasteiger partial charge on any atom is -0.459 e. The van der Waals surface area contributed by atoms with Crippen molar-refractivity contribution in [1.82, 2.24) is 20.0 Å². The third kappa shape index (κ3) is 5.99. The molecule has 1 aromatic rings. The van der Waals surface area contributed by atoms with Crippen LogP contribution < -0.4 is 5.32 Å². The van der Waals surface area contributed by atoms with E-state index in [0.29, 0.717) is 30.9 Å². The topological polar surface area (TPSA) is 64.3 Å². The quantitative estimate of drug-likeness (QED) is 0.582. The van der Waals surface area contributed by atoms with E-state index in [2.05, 4.69) is 49.7 Å². The minimum absolute atomic E-state index is 0.0360. The van der Waals surface area contributed by atoms with E-state index in [1.165, 1.54) is 6.26 Å². The van der Waals surface area contributed by atoms with Gasteiger partial charge in [0.2, 0.25) is 0 Å². The molecule has 7 heteroatoms.